The van der Waals surface area contributed by atoms with Gasteiger partial charge < -0.3 is 14.5 Å². The highest BCUT2D eigenvalue weighted by molar-refractivity contribution is 8.00. The lowest BCUT2D eigenvalue weighted by molar-refractivity contribution is 0.301. The molecule has 4 rings (SSSR count). The second-order valence-corrected chi connectivity index (χ2v) is 8.05. The standard InChI is InChI=1S/C20H18N4O2S2/c1-2-10-21-16(4-1)13-26-17-8-6-15(7-9-17)14-27-20-24-23-19(28-20)22-12-18-5-3-11-25-18/h1-11H,12-14H2,(H,22,23). The van der Waals surface area contributed by atoms with Gasteiger partial charge in [0, 0.05) is 11.9 Å². The van der Waals surface area contributed by atoms with Crippen molar-refractivity contribution in [2.75, 3.05) is 5.32 Å². The Labute approximate surface area is 171 Å². The second-order valence-electron chi connectivity index (χ2n) is 5.85. The first-order valence-electron chi connectivity index (χ1n) is 8.69. The molecule has 0 spiro atoms. The quantitative estimate of drug-likeness (QED) is 0.389. The molecule has 0 amide bonds. The predicted molar refractivity (Wildman–Crippen MR) is 111 cm³/mol. The second kappa shape index (κ2) is 9.38. The van der Waals surface area contributed by atoms with Crippen LogP contribution in [0.25, 0.3) is 0 Å². The molecule has 1 N–H and O–H groups in total. The van der Waals surface area contributed by atoms with E-state index in [9.17, 15) is 0 Å². The highest BCUT2D eigenvalue weighted by atomic mass is 32.2. The molecule has 0 unspecified atom stereocenters. The van der Waals surface area contributed by atoms with Gasteiger partial charge in [-0.3, -0.25) is 4.98 Å². The van der Waals surface area contributed by atoms with Crippen LogP contribution < -0.4 is 10.1 Å². The molecule has 0 aliphatic carbocycles. The van der Waals surface area contributed by atoms with Gasteiger partial charge in [-0.05, 0) is 42.0 Å². The first kappa shape index (κ1) is 18.5. The maximum absolute atomic E-state index is 5.77. The Morgan fingerprint density at radius 1 is 1.04 bits per heavy atom. The van der Waals surface area contributed by atoms with Crippen LogP contribution in [0.1, 0.15) is 17.0 Å². The van der Waals surface area contributed by atoms with E-state index in [1.54, 1.807) is 24.2 Å². The van der Waals surface area contributed by atoms with Gasteiger partial charge in [-0.15, -0.1) is 10.2 Å². The molecule has 1 aromatic carbocycles. The molecule has 0 bridgehead atoms. The van der Waals surface area contributed by atoms with E-state index >= 15 is 0 Å². The fourth-order valence-electron chi connectivity index (χ4n) is 2.38. The summed E-state index contributed by atoms with van der Waals surface area (Å²) in [5.41, 5.74) is 2.12. The van der Waals surface area contributed by atoms with Crippen molar-refractivity contribution in [1.82, 2.24) is 15.2 Å². The van der Waals surface area contributed by atoms with Gasteiger partial charge in [-0.2, -0.15) is 0 Å². The van der Waals surface area contributed by atoms with Crippen LogP contribution in [-0.2, 0) is 18.9 Å². The van der Waals surface area contributed by atoms with Gasteiger partial charge in [0.2, 0.25) is 5.13 Å². The van der Waals surface area contributed by atoms with Crippen molar-refractivity contribution >= 4 is 28.2 Å². The largest absolute Gasteiger partial charge is 0.487 e. The summed E-state index contributed by atoms with van der Waals surface area (Å²) in [4.78, 5) is 4.25. The number of hydrogen-bond acceptors (Lipinski definition) is 8. The van der Waals surface area contributed by atoms with Gasteiger partial charge in [0.25, 0.3) is 0 Å². The fraction of sp³-hybridized carbons (Fsp3) is 0.150. The molecule has 8 heteroatoms. The normalized spacial score (nSPS) is 10.7. The SMILES string of the molecule is c1ccc(COc2ccc(CSc3nnc(NCc4ccco4)s3)cc2)nc1. The van der Waals surface area contributed by atoms with E-state index in [1.165, 1.54) is 16.9 Å². The van der Waals surface area contributed by atoms with Crippen LogP contribution >= 0.6 is 23.1 Å². The molecular formula is C20H18N4O2S2. The monoisotopic (exact) mass is 410 g/mol. The molecule has 0 fully saturated rings. The van der Waals surface area contributed by atoms with Crippen LogP contribution in [0.3, 0.4) is 0 Å². The number of benzene rings is 1. The van der Waals surface area contributed by atoms with Gasteiger partial charge in [-0.25, -0.2) is 0 Å². The summed E-state index contributed by atoms with van der Waals surface area (Å²) in [6, 6.07) is 17.7. The Morgan fingerprint density at radius 3 is 2.75 bits per heavy atom. The van der Waals surface area contributed by atoms with Crippen LogP contribution in [0.5, 0.6) is 5.75 Å². The molecule has 0 aliphatic heterocycles. The van der Waals surface area contributed by atoms with Crippen molar-refractivity contribution in [3.05, 3.63) is 84.1 Å². The summed E-state index contributed by atoms with van der Waals surface area (Å²) in [6.07, 6.45) is 3.43. The summed E-state index contributed by atoms with van der Waals surface area (Å²) in [7, 11) is 0. The summed E-state index contributed by atoms with van der Waals surface area (Å²) in [6.45, 7) is 1.07. The van der Waals surface area contributed by atoms with Crippen LogP contribution in [0.15, 0.2) is 75.8 Å². The molecule has 3 aromatic heterocycles. The van der Waals surface area contributed by atoms with E-state index in [2.05, 4.69) is 32.6 Å². The highest BCUT2D eigenvalue weighted by Gasteiger charge is 2.06. The number of aromatic nitrogens is 3. The maximum atomic E-state index is 5.77. The minimum atomic E-state index is 0.466. The van der Waals surface area contributed by atoms with Crippen molar-refractivity contribution in [2.24, 2.45) is 0 Å². The molecule has 0 atom stereocenters. The number of nitrogens with zero attached hydrogens (tertiary/aromatic N) is 3. The van der Waals surface area contributed by atoms with E-state index in [0.717, 1.165) is 32.4 Å². The summed E-state index contributed by atoms with van der Waals surface area (Å²) < 4.78 is 12.0. The van der Waals surface area contributed by atoms with Gasteiger partial charge in [0.05, 0.1) is 18.5 Å². The molecule has 0 saturated heterocycles. The summed E-state index contributed by atoms with van der Waals surface area (Å²) in [5.74, 6) is 2.53. The zero-order valence-electron chi connectivity index (χ0n) is 14.9. The van der Waals surface area contributed by atoms with Gasteiger partial charge >= 0.3 is 0 Å². The molecule has 0 radical (unpaired) electrons. The molecule has 0 aliphatic rings. The third kappa shape index (κ3) is 5.34. The molecule has 142 valence electrons. The average Bonchev–Trinajstić information content (AvgIpc) is 3.43. The molecule has 6 nitrogen and oxygen atoms in total. The topological polar surface area (TPSA) is 73.1 Å². The zero-order valence-corrected chi connectivity index (χ0v) is 16.6. The Balaban J connectivity index is 1.23. The lowest BCUT2D eigenvalue weighted by atomic mass is 10.2. The van der Waals surface area contributed by atoms with Crippen molar-refractivity contribution in [1.29, 1.82) is 0 Å². The Kier molecular flexibility index (Phi) is 6.21. The number of rotatable bonds is 9. The van der Waals surface area contributed by atoms with Crippen LogP contribution in [-0.4, -0.2) is 15.2 Å². The van der Waals surface area contributed by atoms with Crippen molar-refractivity contribution < 1.29 is 9.15 Å². The van der Waals surface area contributed by atoms with Crippen LogP contribution in [0.2, 0.25) is 0 Å². The number of ether oxygens (including phenoxy) is 1. The summed E-state index contributed by atoms with van der Waals surface area (Å²) in [5, 5.41) is 12.4. The fourth-order valence-corrected chi connectivity index (χ4v) is 4.09. The zero-order chi connectivity index (χ0) is 19.0. The first-order chi connectivity index (χ1) is 13.8. The van der Waals surface area contributed by atoms with Crippen molar-refractivity contribution in [2.45, 2.75) is 23.2 Å². The van der Waals surface area contributed by atoms with Crippen LogP contribution in [0, 0.1) is 0 Å². The molecule has 28 heavy (non-hydrogen) atoms. The molecule has 0 saturated carbocycles. The van der Waals surface area contributed by atoms with Gasteiger partial charge in [0.15, 0.2) is 4.34 Å². The van der Waals surface area contributed by atoms with Gasteiger partial charge in [0.1, 0.15) is 18.1 Å². The number of furan rings is 1. The number of thioether (sulfide) groups is 1. The molecule has 4 aromatic rings. The Morgan fingerprint density at radius 2 is 1.96 bits per heavy atom. The van der Waals surface area contributed by atoms with Gasteiger partial charge in [-0.1, -0.05) is 41.3 Å². The number of anilines is 1. The lowest BCUT2D eigenvalue weighted by Gasteiger charge is -2.06. The lowest BCUT2D eigenvalue weighted by Crippen LogP contribution is -1.97. The van der Waals surface area contributed by atoms with E-state index in [4.69, 9.17) is 9.15 Å². The van der Waals surface area contributed by atoms with Crippen molar-refractivity contribution in [3.8, 4) is 5.75 Å². The molecule has 3 heterocycles. The smallest absolute Gasteiger partial charge is 0.206 e. The van der Waals surface area contributed by atoms with E-state index in [1.807, 2.05) is 42.5 Å². The Bertz CT molecular complexity index is 973. The van der Waals surface area contributed by atoms with E-state index in [-0.39, 0.29) is 0 Å². The summed E-state index contributed by atoms with van der Waals surface area (Å²) >= 11 is 3.20. The number of nitrogens with one attached hydrogen (secondary N) is 1. The third-order valence-corrected chi connectivity index (χ3v) is 5.88. The van der Waals surface area contributed by atoms with Crippen molar-refractivity contribution in [3.63, 3.8) is 0 Å². The molecular weight excluding hydrogens is 392 g/mol. The Hall–Kier alpha value is -2.84. The minimum absolute atomic E-state index is 0.466. The van der Waals surface area contributed by atoms with E-state index < -0.39 is 0 Å². The highest BCUT2D eigenvalue weighted by Crippen LogP contribution is 2.29. The number of hydrogen-bond donors (Lipinski definition) is 1. The predicted octanol–water partition coefficient (Wildman–Crippen LogP) is 5.01. The maximum Gasteiger partial charge on any atom is 0.206 e. The first-order valence-corrected chi connectivity index (χ1v) is 10.5. The van der Waals surface area contributed by atoms with Crippen LogP contribution in [0.4, 0.5) is 5.13 Å². The average molecular weight is 411 g/mol. The minimum Gasteiger partial charge on any atom is -0.487 e. The number of pyridine rings is 1. The third-order valence-electron chi connectivity index (χ3n) is 3.80. The van der Waals surface area contributed by atoms with E-state index in [0.29, 0.717) is 13.2 Å².